The van der Waals surface area contributed by atoms with Gasteiger partial charge in [0.1, 0.15) is 11.9 Å². The highest BCUT2D eigenvalue weighted by atomic mass is 35.5. The molecule has 0 aliphatic carbocycles. The van der Waals surface area contributed by atoms with Crippen LogP contribution in [0, 0.1) is 5.92 Å². The first-order chi connectivity index (χ1) is 20.4. The van der Waals surface area contributed by atoms with Crippen molar-refractivity contribution >= 4 is 39.2 Å². The molecule has 0 fully saturated rings. The number of fused-ring (bicyclic) bond motifs is 1. The van der Waals surface area contributed by atoms with Crippen LogP contribution in [0.2, 0.25) is 5.02 Å². The first-order valence-electron chi connectivity index (χ1n) is 13.9. The number of carboxylic acids is 1. The Balaban J connectivity index is 1.60. The highest BCUT2D eigenvalue weighted by Gasteiger charge is 2.31. The zero-order valence-corrected chi connectivity index (χ0v) is 25.8. The molecule has 3 aromatic carbocycles. The van der Waals surface area contributed by atoms with Crippen LogP contribution in [0.15, 0.2) is 71.6 Å². The molecule has 1 heterocycles. The average molecular weight is 630 g/mol. The molecule has 3 aromatic rings. The molecule has 12 heteroatoms. The third kappa shape index (κ3) is 8.26. The monoisotopic (exact) mass is 629 g/mol. The number of anilines is 1. The molecule has 10 nitrogen and oxygen atoms in total. The average Bonchev–Trinajstić information content (AvgIpc) is 3.00. The number of amides is 1. The van der Waals surface area contributed by atoms with Gasteiger partial charge in [0.2, 0.25) is 5.91 Å². The van der Waals surface area contributed by atoms with Crippen molar-refractivity contribution in [3.63, 3.8) is 0 Å². The maximum Gasteiger partial charge on any atom is 0.335 e. The van der Waals surface area contributed by atoms with E-state index in [9.17, 15) is 28.2 Å². The van der Waals surface area contributed by atoms with E-state index in [4.69, 9.17) is 16.3 Å². The van der Waals surface area contributed by atoms with Crippen LogP contribution in [0.4, 0.5) is 5.69 Å². The molecule has 0 spiro atoms. The molecule has 0 saturated heterocycles. The van der Waals surface area contributed by atoms with Crippen LogP contribution in [0.1, 0.15) is 35.3 Å². The quantitative estimate of drug-likeness (QED) is 0.305. The number of carbonyl (C=O) groups is 2. The number of rotatable bonds is 10. The standard InChI is InChI=1S/C31H36ClN3O7S/c1-20-16-35(21(2)19-36)30(37)15-24-14-26(33-43(40,41)27-11-8-25(32)9-12-27)10-13-28(24)42-29(20)18-34(3)17-22-4-6-23(7-5-22)31(38)39/h4-14,20-21,29,33,36H,15-19H2,1-3H3,(H,38,39)/t20-,21-,29+/m0/s1. The molecule has 1 aliphatic rings. The van der Waals surface area contributed by atoms with Gasteiger partial charge in [-0.3, -0.25) is 14.4 Å². The van der Waals surface area contributed by atoms with Gasteiger partial charge in [-0.15, -0.1) is 0 Å². The number of sulfonamides is 1. The van der Waals surface area contributed by atoms with E-state index in [1.807, 2.05) is 14.0 Å². The number of ether oxygens (including phenoxy) is 1. The highest BCUT2D eigenvalue weighted by molar-refractivity contribution is 7.92. The summed E-state index contributed by atoms with van der Waals surface area (Å²) in [6.45, 7) is 4.95. The lowest BCUT2D eigenvalue weighted by atomic mass is 10.0. The number of aliphatic hydroxyl groups excluding tert-OH is 1. The van der Waals surface area contributed by atoms with Gasteiger partial charge in [-0.1, -0.05) is 30.7 Å². The zero-order valence-electron chi connectivity index (χ0n) is 24.2. The third-order valence-electron chi connectivity index (χ3n) is 7.44. The Labute approximate surface area is 256 Å². The van der Waals surface area contributed by atoms with E-state index in [0.29, 0.717) is 36.0 Å². The Bertz CT molecular complexity index is 1550. The first kappa shape index (κ1) is 32.3. The van der Waals surface area contributed by atoms with Crippen molar-refractivity contribution in [2.24, 2.45) is 5.92 Å². The summed E-state index contributed by atoms with van der Waals surface area (Å²) in [6.07, 6.45) is -0.403. The Morgan fingerprint density at radius 1 is 1.14 bits per heavy atom. The van der Waals surface area contributed by atoms with E-state index >= 15 is 0 Å². The number of hydrogen-bond donors (Lipinski definition) is 3. The van der Waals surface area contributed by atoms with Gasteiger partial charge in [0.05, 0.1) is 29.5 Å². The lowest BCUT2D eigenvalue weighted by Crippen LogP contribution is -2.47. The first-order valence-corrected chi connectivity index (χ1v) is 15.7. The molecule has 0 aromatic heterocycles. The number of halogens is 1. The minimum Gasteiger partial charge on any atom is -0.488 e. The molecule has 3 N–H and O–H groups in total. The second kappa shape index (κ2) is 13.8. The largest absolute Gasteiger partial charge is 0.488 e. The van der Waals surface area contributed by atoms with Gasteiger partial charge < -0.3 is 19.8 Å². The van der Waals surface area contributed by atoms with Crippen molar-refractivity contribution in [2.45, 2.75) is 43.9 Å². The molecular weight excluding hydrogens is 594 g/mol. The number of benzene rings is 3. The number of nitrogens with zero attached hydrogens (tertiary/aromatic N) is 2. The van der Waals surface area contributed by atoms with E-state index in [1.54, 1.807) is 54.3 Å². The summed E-state index contributed by atoms with van der Waals surface area (Å²) < 4.78 is 35.1. The summed E-state index contributed by atoms with van der Waals surface area (Å²) in [5, 5.41) is 19.5. The molecular formula is C31H36ClN3O7S. The molecule has 4 rings (SSSR count). The zero-order chi connectivity index (χ0) is 31.3. The number of carboxylic acid groups (broad SMARTS) is 1. The minimum atomic E-state index is -3.91. The molecule has 0 unspecified atom stereocenters. The van der Waals surface area contributed by atoms with Gasteiger partial charge in [0.25, 0.3) is 10.0 Å². The van der Waals surface area contributed by atoms with Gasteiger partial charge in [-0.05, 0) is 74.1 Å². The van der Waals surface area contributed by atoms with Crippen molar-refractivity contribution < 1.29 is 33.0 Å². The maximum absolute atomic E-state index is 13.5. The van der Waals surface area contributed by atoms with Crippen LogP contribution in [0.5, 0.6) is 5.75 Å². The predicted molar refractivity (Wildman–Crippen MR) is 164 cm³/mol. The van der Waals surface area contributed by atoms with Gasteiger partial charge in [-0.25, -0.2) is 13.2 Å². The van der Waals surface area contributed by atoms with Gasteiger partial charge in [0, 0.05) is 41.8 Å². The third-order valence-corrected chi connectivity index (χ3v) is 9.09. The van der Waals surface area contributed by atoms with E-state index in [-0.39, 0.29) is 47.1 Å². The molecule has 0 bridgehead atoms. The van der Waals surface area contributed by atoms with Crippen LogP contribution < -0.4 is 9.46 Å². The van der Waals surface area contributed by atoms with Gasteiger partial charge in [0.15, 0.2) is 0 Å². The van der Waals surface area contributed by atoms with E-state index in [1.165, 1.54) is 24.3 Å². The van der Waals surface area contributed by atoms with Crippen molar-refractivity contribution in [1.82, 2.24) is 9.80 Å². The Morgan fingerprint density at radius 2 is 1.81 bits per heavy atom. The van der Waals surface area contributed by atoms with E-state index < -0.39 is 22.0 Å². The number of aliphatic hydroxyl groups is 1. The van der Waals surface area contributed by atoms with E-state index in [2.05, 4.69) is 9.62 Å². The van der Waals surface area contributed by atoms with Crippen LogP contribution >= 0.6 is 11.6 Å². The predicted octanol–water partition coefficient (Wildman–Crippen LogP) is 4.12. The maximum atomic E-state index is 13.5. The molecule has 3 atom stereocenters. The van der Waals surface area contributed by atoms with Crippen LogP contribution in [0.3, 0.4) is 0 Å². The lowest BCUT2D eigenvalue weighted by molar-refractivity contribution is -0.134. The van der Waals surface area contributed by atoms with Crippen molar-refractivity contribution in [2.75, 3.05) is 31.5 Å². The summed E-state index contributed by atoms with van der Waals surface area (Å²) in [6, 6.07) is 16.9. The van der Waals surface area contributed by atoms with Crippen molar-refractivity contribution in [1.29, 1.82) is 0 Å². The SMILES string of the molecule is C[C@H]1CN([C@@H](C)CO)C(=O)Cc2cc(NS(=O)(=O)c3ccc(Cl)cc3)ccc2O[C@@H]1CN(C)Cc1ccc(C(=O)O)cc1. The number of hydrogen-bond acceptors (Lipinski definition) is 7. The second-order valence-electron chi connectivity index (χ2n) is 11.0. The molecule has 0 saturated carbocycles. The fourth-order valence-electron chi connectivity index (χ4n) is 4.97. The highest BCUT2D eigenvalue weighted by Crippen LogP contribution is 2.30. The van der Waals surface area contributed by atoms with Crippen LogP contribution in [-0.2, 0) is 27.8 Å². The Hall–Kier alpha value is -3.64. The summed E-state index contributed by atoms with van der Waals surface area (Å²) in [5.74, 6) is -0.840. The smallest absolute Gasteiger partial charge is 0.335 e. The van der Waals surface area contributed by atoms with Crippen LogP contribution in [0.25, 0.3) is 0 Å². The fraction of sp³-hybridized carbons (Fsp3) is 0.355. The summed E-state index contributed by atoms with van der Waals surface area (Å²) in [7, 11) is -1.98. The Morgan fingerprint density at radius 3 is 2.44 bits per heavy atom. The number of carbonyl (C=O) groups excluding carboxylic acids is 1. The number of nitrogens with one attached hydrogen (secondary N) is 1. The summed E-state index contributed by atoms with van der Waals surface area (Å²) in [4.78, 5) is 28.4. The van der Waals surface area contributed by atoms with E-state index in [0.717, 1.165) is 5.56 Å². The molecule has 1 amide bonds. The topological polar surface area (TPSA) is 136 Å². The minimum absolute atomic E-state index is 0.0403. The Kier molecular flexibility index (Phi) is 10.3. The summed E-state index contributed by atoms with van der Waals surface area (Å²) in [5.41, 5.74) is 1.95. The number of aromatic carboxylic acids is 1. The molecule has 230 valence electrons. The molecule has 0 radical (unpaired) electrons. The van der Waals surface area contributed by atoms with Gasteiger partial charge in [-0.2, -0.15) is 0 Å². The fourth-order valence-corrected chi connectivity index (χ4v) is 6.15. The summed E-state index contributed by atoms with van der Waals surface area (Å²) >= 11 is 5.91. The lowest BCUT2D eigenvalue weighted by Gasteiger charge is -2.34. The molecule has 1 aliphatic heterocycles. The number of likely N-dealkylation sites (N-methyl/N-ethyl adjacent to an activating group) is 1. The van der Waals surface area contributed by atoms with Crippen molar-refractivity contribution in [3.8, 4) is 5.75 Å². The molecule has 43 heavy (non-hydrogen) atoms. The second-order valence-corrected chi connectivity index (χ2v) is 13.1. The van der Waals surface area contributed by atoms with Gasteiger partial charge >= 0.3 is 5.97 Å². The van der Waals surface area contributed by atoms with Crippen molar-refractivity contribution in [3.05, 3.63) is 88.4 Å². The normalized spacial score (nSPS) is 18.2. The van der Waals surface area contributed by atoms with Crippen LogP contribution in [-0.4, -0.2) is 79.2 Å².